The SMILES string of the molecule is CSC1CCCC(n2c(CCl)nc3cc(I)c(F)cc32)C1. The van der Waals surface area contributed by atoms with Crippen molar-refractivity contribution in [2.24, 2.45) is 0 Å². The van der Waals surface area contributed by atoms with Gasteiger partial charge in [0, 0.05) is 17.4 Å². The van der Waals surface area contributed by atoms with Crippen molar-refractivity contribution in [3.05, 3.63) is 27.3 Å². The fourth-order valence-electron chi connectivity index (χ4n) is 3.21. The molecule has 2 aromatic rings. The number of hydrogen-bond donors (Lipinski definition) is 0. The lowest BCUT2D eigenvalue weighted by Gasteiger charge is -2.30. The molecule has 1 aromatic heterocycles. The highest BCUT2D eigenvalue weighted by molar-refractivity contribution is 14.1. The van der Waals surface area contributed by atoms with Crippen molar-refractivity contribution in [2.45, 2.75) is 42.9 Å². The molecule has 2 unspecified atom stereocenters. The zero-order valence-corrected chi connectivity index (χ0v) is 15.5. The van der Waals surface area contributed by atoms with Crippen LogP contribution in [0.1, 0.15) is 37.5 Å². The van der Waals surface area contributed by atoms with Gasteiger partial charge >= 0.3 is 0 Å². The van der Waals surface area contributed by atoms with Crippen molar-refractivity contribution in [2.75, 3.05) is 6.26 Å². The van der Waals surface area contributed by atoms with Crippen molar-refractivity contribution in [3.8, 4) is 0 Å². The number of nitrogens with zero attached hydrogens (tertiary/aromatic N) is 2. The van der Waals surface area contributed by atoms with Crippen LogP contribution in [0.5, 0.6) is 0 Å². The number of alkyl halides is 1. The molecule has 0 amide bonds. The summed E-state index contributed by atoms with van der Waals surface area (Å²) in [6, 6.07) is 3.81. The Morgan fingerprint density at radius 2 is 2.29 bits per heavy atom. The zero-order chi connectivity index (χ0) is 15.0. The van der Waals surface area contributed by atoms with Gasteiger partial charge in [-0.15, -0.1) is 11.6 Å². The van der Waals surface area contributed by atoms with Gasteiger partial charge in [0.15, 0.2) is 0 Å². The summed E-state index contributed by atoms with van der Waals surface area (Å²) in [5.41, 5.74) is 1.73. The number of fused-ring (bicyclic) bond motifs is 1. The van der Waals surface area contributed by atoms with Gasteiger partial charge in [-0.2, -0.15) is 11.8 Å². The van der Waals surface area contributed by atoms with Gasteiger partial charge in [0.25, 0.3) is 0 Å². The second kappa shape index (κ2) is 6.62. The first-order valence-electron chi connectivity index (χ1n) is 7.08. The molecule has 0 saturated heterocycles. The van der Waals surface area contributed by atoms with E-state index in [-0.39, 0.29) is 5.82 Å². The van der Waals surface area contributed by atoms with E-state index in [1.54, 1.807) is 6.07 Å². The van der Waals surface area contributed by atoms with Crippen LogP contribution >= 0.6 is 46.0 Å². The van der Waals surface area contributed by atoms with Gasteiger partial charge in [0.1, 0.15) is 11.6 Å². The van der Waals surface area contributed by atoms with E-state index in [9.17, 15) is 4.39 Å². The zero-order valence-electron chi connectivity index (χ0n) is 11.8. The van der Waals surface area contributed by atoms with Crippen LogP contribution in [0.3, 0.4) is 0 Å². The summed E-state index contributed by atoms with van der Waals surface area (Å²) >= 11 is 10.0. The van der Waals surface area contributed by atoms with E-state index in [1.807, 2.05) is 40.4 Å². The first-order valence-corrected chi connectivity index (χ1v) is 9.98. The molecule has 1 aliphatic rings. The van der Waals surface area contributed by atoms with Gasteiger partial charge in [0.2, 0.25) is 0 Å². The molecule has 21 heavy (non-hydrogen) atoms. The lowest BCUT2D eigenvalue weighted by atomic mass is 9.94. The molecular weight excluding hydrogens is 422 g/mol. The van der Waals surface area contributed by atoms with E-state index >= 15 is 0 Å². The highest BCUT2D eigenvalue weighted by Crippen LogP contribution is 2.37. The van der Waals surface area contributed by atoms with Crippen molar-refractivity contribution in [1.29, 1.82) is 0 Å². The fourth-order valence-corrected chi connectivity index (χ4v) is 4.67. The van der Waals surface area contributed by atoms with E-state index in [1.165, 1.54) is 12.8 Å². The molecule has 1 saturated carbocycles. The van der Waals surface area contributed by atoms with Crippen molar-refractivity contribution >= 4 is 57.0 Å². The van der Waals surface area contributed by atoms with Gasteiger partial charge in [-0.1, -0.05) is 6.42 Å². The Morgan fingerprint density at radius 1 is 1.48 bits per heavy atom. The summed E-state index contributed by atoms with van der Waals surface area (Å²) in [5.74, 6) is 1.05. The van der Waals surface area contributed by atoms with Crippen LogP contribution in [0, 0.1) is 9.39 Å². The quantitative estimate of drug-likeness (QED) is 0.474. The third kappa shape index (κ3) is 3.06. The lowest BCUT2D eigenvalue weighted by Crippen LogP contribution is -2.22. The second-order valence-corrected chi connectivity index (χ2v) is 8.03. The summed E-state index contributed by atoms with van der Waals surface area (Å²) in [6.45, 7) is 0. The summed E-state index contributed by atoms with van der Waals surface area (Å²) in [4.78, 5) is 4.61. The first kappa shape index (κ1) is 15.9. The maximum atomic E-state index is 14.0. The van der Waals surface area contributed by atoms with Gasteiger partial charge < -0.3 is 4.57 Å². The topological polar surface area (TPSA) is 17.8 Å². The van der Waals surface area contributed by atoms with Crippen molar-refractivity contribution in [1.82, 2.24) is 9.55 Å². The first-order chi connectivity index (χ1) is 10.1. The Morgan fingerprint density at radius 3 is 3.00 bits per heavy atom. The standard InChI is InChI=1S/C15H17ClFIN2S/c1-21-10-4-2-3-9(5-10)20-14-6-11(17)12(18)7-13(14)19-15(20)8-16/h6-7,9-10H,2-5,8H2,1H3. The largest absolute Gasteiger partial charge is 0.324 e. The Kier molecular flexibility index (Phi) is 5.01. The molecule has 0 spiro atoms. The highest BCUT2D eigenvalue weighted by Gasteiger charge is 2.26. The molecule has 2 nitrogen and oxygen atoms in total. The molecule has 0 bridgehead atoms. The Balaban J connectivity index is 2.09. The predicted octanol–water partition coefficient (Wildman–Crippen LogP) is 5.37. The molecular formula is C15H17ClFIN2S. The molecule has 0 N–H and O–H groups in total. The summed E-state index contributed by atoms with van der Waals surface area (Å²) in [7, 11) is 0. The summed E-state index contributed by atoms with van der Waals surface area (Å²) < 4.78 is 16.8. The van der Waals surface area contributed by atoms with Crippen LogP contribution in [0.25, 0.3) is 11.0 Å². The third-order valence-corrected chi connectivity index (χ3v) is 6.38. The van der Waals surface area contributed by atoms with E-state index in [4.69, 9.17) is 11.6 Å². The fraction of sp³-hybridized carbons (Fsp3) is 0.533. The minimum absolute atomic E-state index is 0.178. The maximum Gasteiger partial charge on any atom is 0.138 e. The van der Waals surface area contributed by atoms with E-state index < -0.39 is 0 Å². The number of aromatic nitrogens is 2. The van der Waals surface area contributed by atoms with Crippen LogP contribution in [-0.4, -0.2) is 21.1 Å². The monoisotopic (exact) mass is 438 g/mol. The van der Waals surface area contributed by atoms with Crippen LogP contribution in [0.15, 0.2) is 12.1 Å². The van der Waals surface area contributed by atoms with Gasteiger partial charge in [0.05, 0.1) is 20.5 Å². The maximum absolute atomic E-state index is 14.0. The van der Waals surface area contributed by atoms with Crippen molar-refractivity contribution in [3.63, 3.8) is 0 Å². The van der Waals surface area contributed by atoms with E-state index in [0.29, 0.717) is 20.7 Å². The average Bonchev–Trinajstić information content (AvgIpc) is 2.85. The van der Waals surface area contributed by atoms with Crippen LogP contribution in [0.4, 0.5) is 4.39 Å². The van der Waals surface area contributed by atoms with Crippen LogP contribution in [-0.2, 0) is 5.88 Å². The number of hydrogen-bond acceptors (Lipinski definition) is 2. The predicted molar refractivity (Wildman–Crippen MR) is 96.8 cm³/mol. The number of imidazole rings is 1. The lowest BCUT2D eigenvalue weighted by molar-refractivity contribution is 0.362. The molecule has 114 valence electrons. The molecule has 1 aliphatic carbocycles. The Hall–Kier alpha value is -0.0100. The number of rotatable bonds is 3. The smallest absolute Gasteiger partial charge is 0.138 e. The number of thioether (sulfide) groups is 1. The molecule has 3 rings (SSSR count). The molecule has 1 heterocycles. The average molecular weight is 439 g/mol. The molecule has 1 aromatic carbocycles. The van der Waals surface area contributed by atoms with E-state index in [0.717, 1.165) is 29.7 Å². The minimum Gasteiger partial charge on any atom is -0.324 e. The van der Waals surface area contributed by atoms with Gasteiger partial charge in [-0.3, -0.25) is 0 Å². The molecule has 0 aliphatic heterocycles. The summed E-state index contributed by atoms with van der Waals surface area (Å²) in [5, 5.41) is 0.679. The number of halogens is 3. The normalized spacial score (nSPS) is 22.9. The molecule has 2 atom stereocenters. The minimum atomic E-state index is -0.178. The highest BCUT2D eigenvalue weighted by atomic mass is 127. The Labute approximate surface area is 147 Å². The van der Waals surface area contributed by atoms with Crippen LogP contribution < -0.4 is 0 Å². The number of benzene rings is 1. The Bertz CT molecular complexity index is 661. The van der Waals surface area contributed by atoms with Crippen molar-refractivity contribution < 1.29 is 4.39 Å². The van der Waals surface area contributed by atoms with E-state index in [2.05, 4.69) is 15.8 Å². The molecule has 1 fully saturated rings. The molecule has 0 radical (unpaired) electrons. The third-order valence-electron chi connectivity index (χ3n) is 4.22. The molecule has 6 heteroatoms. The second-order valence-electron chi connectivity index (χ2n) is 5.46. The van der Waals surface area contributed by atoms with Gasteiger partial charge in [-0.05, 0) is 54.2 Å². The van der Waals surface area contributed by atoms with Gasteiger partial charge in [-0.25, -0.2) is 9.37 Å². The summed E-state index contributed by atoms with van der Waals surface area (Å²) in [6.07, 6.45) is 6.89. The van der Waals surface area contributed by atoms with Crippen LogP contribution in [0.2, 0.25) is 0 Å².